The molecule has 0 unspecified atom stereocenters. The Balaban J connectivity index is 2.03. The van der Waals surface area contributed by atoms with Crippen LogP contribution in [-0.2, 0) is 14.8 Å². The van der Waals surface area contributed by atoms with Crippen molar-refractivity contribution in [1.82, 2.24) is 9.29 Å². The van der Waals surface area contributed by atoms with Crippen molar-refractivity contribution in [3.05, 3.63) is 18.3 Å². The quantitative estimate of drug-likeness (QED) is 0.841. The first-order chi connectivity index (χ1) is 9.80. The first-order valence-electron chi connectivity index (χ1n) is 6.68. The molecule has 2 N–H and O–H groups in total. The van der Waals surface area contributed by atoms with Crippen LogP contribution >= 0.6 is 0 Å². The number of carboxylic acid groups (broad SMARTS) is 1. The van der Waals surface area contributed by atoms with Crippen LogP contribution in [0, 0.1) is 5.92 Å². The van der Waals surface area contributed by atoms with Crippen LogP contribution in [0.25, 0.3) is 0 Å². The third-order valence-corrected chi connectivity index (χ3v) is 5.45. The van der Waals surface area contributed by atoms with E-state index in [0.717, 1.165) is 10.7 Å². The number of nitrogens with zero attached hydrogens (tertiary/aromatic N) is 2. The summed E-state index contributed by atoms with van der Waals surface area (Å²) >= 11 is 0. The molecule has 2 atom stereocenters. The van der Waals surface area contributed by atoms with Crippen molar-refractivity contribution in [1.29, 1.82) is 0 Å². The van der Waals surface area contributed by atoms with Crippen molar-refractivity contribution in [3.63, 3.8) is 0 Å². The van der Waals surface area contributed by atoms with E-state index in [9.17, 15) is 13.2 Å². The Morgan fingerprint density at radius 3 is 2.57 bits per heavy atom. The molecule has 1 heterocycles. The molecule has 0 spiro atoms. The summed E-state index contributed by atoms with van der Waals surface area (Å²) in [5.74, 6) is -0.515. The molecule has 0 saturated heterocycles. The first-order valence-corrected chi connectivity index (χ1v) is 8.12. The van der Waals surface area contributed by atoms with E-state index in [1.807, 2.05) is 0 Å². The van der Waals surface area contributed by atoms with E-state index in [1.165, 1.54) is 26.4 Å². The zero-order valence-electron chi connectivity index (χ0n) is 12.0. The highest BCUT2D eigenvalue weighted by Crippen LogP contribution is 2.28. The number of rotatable bonds is 5. The van der Waals surface area contributed by atoms with Crippen LogP contribution in [0.5, 0.6) is 0 Å². The van der Waals surface area contributed by atoms with Crippen LogP contribution in [0.3, 0.4) is 0 Å². The van der Waals surface area contributed by atoms with Gasteiger partial charge in [-0.25, -0.2) is 17.7 Å². The van der Waals surface area contributed by atoms with E-state index in [1.54, 1.807) is 6.07 Å². The molecule has 0 aliphatic heterocycles. The number of sulfonamides is 1. The maximum Gasteiger partial charge on any atom is 0.306 e. The number of aliphatic carboxylic acids is 1. The Bertz CT molecular complexity index is 613. The fourth-order valence-corrected chi connectivity index (χ4v) is 3.22. The molecule has 1 saturated carbocycles. The highest BCUT2D eigenvalue weighted by atomic mass is 32.2. The minimum Gasteiger partial charge on any atom is -0.481 e. The van der Waals surface area contributed by atoms with Crippen molar-refractivity contribution in [2.75, 3.05) is 19.4 Å². The summed E-state index contributed by atoms with van der Waals surface area (Å²) in [6.45, 7) is 0. The van der Waals surface area contributed by atoms with Crippen molar-refractivity contribution < 1.29 is 18.3 Å². The van der Waals surface area contributed by atoms with E-state index in [-0.39, 0.29) is 16.9 Å². The lowest BCUT2D eigenvalue weighted by molar-refractivity contribution is -0.141. The predicted octanol–water partition coefficient (Wildman–Crippen LogP) is 0.997. The molecule has 21 heavy (non-hydrogen) atoms. The molecular weight excluding hydrogens is 294 g/mol. The summed E-state index contributed by atoms with van der Waals surface area (Å²) in [6, 6.07) is 3.16. The maximum absolute atomic E-state index is 11.9. The molecule has 1 aromatic rings. The largest absolute Gasteiger partial charge is 0.481 e. The molecule has 0 bridgehead atoms. The number of pyridine rings is 1. The van der Waals surface area contributed by atoms with E-state index in [2.05, 4.69) is 10.3 Å². The van der Waals surface area contributed by atoms with E-state index >= 15 is 0 Å². The summed E-state index contributed by atoms with van der Waals surface area (Å²) in [5, 5.41) is 12.1. The molecule has 116 valence electrons. The van der Waals surface area contributed by atoms with Gasteiger partial charge in [-0.1, -0.05) is 0 Å². The molecule has 1 aliphatic carbocycles. The fraction of sp³-hybridized carbons (Fsp3) is 0.538. The number of anilines is 1. The third-order valence-electron chi connectivity index (χ3n) is 3.65. The maximum atomic E-state index is 11.9. The van der Waals surface area contributed by atoms with Gasteiger partial charge in [0.25, 0.3) is 0 Å². The van der Waals surface area contributed by atoms with Gasteiger partial charge in [0.15, 0.2) is 0 Å². The molecule has 0 amide bonds. The average Bonchev–Trinajstić information content (AvgIpc) is 2.88. The molecule has 1 fully saturated rings. The molecular formula is C13H19N3O4S. The molecule has 1 aromatic heterocycles. The number of carbonyl (C=O) groups is 1. The van der Waals surface area contributed by atoms with Gasteiger partial charge in [-0.05, 0) is 31.4 Å². The predicted molar refractivity (Wildman–Crippen MR) is 77.5 cm³/mol. The second-order valence-corrected chi connectivity index (χ2v) is 7.51. The van der Waals surface area contributed by atoms with Crippen molar-refractivity contribution in [2.45, 2.75) is 30.2 Å². The van der Waals surface area contributed by atoms with Gasteiger partial charge in [0, 0.05) is 26.3 Å². The number of hydrogen-bond acceptors (Lipinski definition) is 5. The van der Waals surface area contributed by atoms with Crippen molar-refractivity contribution in [3.8, 4) is 0 Å². The van der Waals surface area contributed by atoms with Gasteiger partial charge in [-0.15, -0.1) is 0 Å². The van der Waals surface area contributed by atoms with Gasteiger partial charge in [-0.3, -0.25) is 4.79 Å². The lowest BCUT2D eigenvalue weighted by Crippen LogP contribution is -2.22. The van der Waals surface area contributed by atoms with Crippen LogP contribution < -0.4 is 5.32 Å². The standard InChI is InChI=1S/C13H19N3O4S/c1-16(2)21(19,20)11-5-6-12(14-8-11)15-10-4-3-9(7-10)13(17)18/h5-6,8-10H,3-4,7H2,1-2H3,(H,14,15)(H,17,18)/t9-,10+/m1/s1. The van der Waals surface area contributed by atoms with Crippen LogP contribution in [0.15, 0.2) is 23.2 Å². The second-order valence-electron chi connectivity index (χ2n) is 5.36. The fourth-order valence-electron chi connectivity index (χ4n) is 2.38. The SMILES string of the molecule is CN(C)S(=O)(=O)c1ccc(N[C@H]2CC[C@@H](C(=O)O)C2)nc1. The highest BCUT2D eigenvalue weighted by Gasteiger charge is 2.29. The molecule has 0 radical (unpaired) electrons. The zero-order valence-corrected chi connectivity index (χ0v) is 12.8. The molecule has 1 aliphatic rings. The lowest BCUT2D eigenvalue weighted by atomic mass is 10.1. The Hall–Kier alpha value is -1.67. The number of aromatic nitrogens is 1. The van der Waals surface area contributed by atoms with Crippen LogP contribution in [0.1, 0.15) is 19.3 Å². The summed E-state index contributed by atoms with van der Waals surface area (Å²) in [7, 11) is -0.547. The molecule has 8 heteroatoms. The van der Waals surface area contributed by atoms with Crippen molar-refractivity contribution >= 4 is 21.8 Å². The molecule has 2 rings (SSSR count). The number of nitrogens with one attached hydrogen (secondary N) is 1. The summed E-state index contributed by atoms with van der Waals surface area (Å²) in [5.41, 5.74) is 0. The second kappa shape index (κ2) is 5.98. The molecule has 0 aromatic carbocycles. The van der Waals surface area contributed by atoms with Gasteiger partial charge >= 0.3 is 5.97 Å². The van der Waals surface area contributed by atoms with Gasteiger partial charge in [0.1, 0.15) is 10.7 Å². The van der Waals surface area contributed by atoms with Gasteiger partial charge in [0.05, 0.1) is 5.92 Å². The minimum atomic E-state index is -3.48. The summed E-state index contributed by atoms with van der Waals surface area (Å²) < 4.78 is 24.9. The lowest BCUT2D eigenvalue weighted by Gasteiger charge is -2.14. The van der Waals surface area contributed by atoms with Gasteiger partial charge in [-0.2, -0.15) is 0 Å². The average molecular weight is 313 g/mol. The smallest absolute Gasteiger partial charge is 0.306 e. The number of hydrogen-bond donors (Lipinski definition) is 2. The topological polar surface area (TPSA) is 99.6 Å². The van der Waals surface area contributed by atoms with Crippen LogP contribution in [0.2, 0.25) is 0 Å². The van der Waals surface area contributed by atoms with Crippen molar-refractivity contribution in [2.24, 2.45) is 5.92 Å². The van der Waals surface area contributed by atoms with E-state index in [0.29, 0.717) is 18.7 Å². The first kappa shape index (κ1) is 15.7. The number of carboxylic acids is 1. The Labute approximate surface area is 124 Å². The normalized spacial score (nSPS) is 22.4. The van der Waals surface area contributed by atoms with E-state index < -0.39 is 16.0 Å². The van der Waals surface area contributed by atoms with E-state index in [4.69, 9.17) is 5.11 Å². The minimum absolute atomic E-state index is 0.0647. The third kappa shape index (κ3) is 3.51. The Morgan fingerprint density at radius 2 is 2.10 bits per heavy atom. The highest BCUT2D eigenvalue weighted by molar-refractivity contribution is 7.89. The van der Waals surface area contributed by atoms with Crippen LogP contribution in [-0.4, -0.2) is 48.9 Å². The Morgan fingerprint density at radius 1 is 1.38 bits per heavy atom. The van der Waals surface area contributed by atoms with Crippen LogP contribution in [0.4, 0.5) is 5.82 Å². The monoisotopic (exact) mass is 313 g/mol. The zero-order chi connectivity index (χ0) is 15.6. The summed E-state index contributed by atoms with van der Waals surface area (Å²) in [6.07, 6.45) is 3.30. The summed E-state index contributed by atoms with van der Waals surface area (Å²) in [4.78, 5) is 15.1. The van der Waals surface area contributed by atoms with Gasteiger partial charge < -0.3 is 10.4 Å². The Kier molecular flexibility index (Phi) is 4.48. The molecule has 7 nitrogen and oxygen atoms in total. The van der Waals surface area contributed by atoms with Gasteiger partial charge in [0.2, 0.25) is 10.0 Å².